The summed E-state index contributed by atoms with van der Waals surface area (Å²) in [6.45, 7) is 4.58. The van der Waals surface area contributed by atoms with Crippen LogP contribution in [0, 0.1) is 11.3 Å². The van der Waals surface area contributed by atoms with E-state index in [9.17, 15) is 4.79 Å². The van der Waals surface area contributed by atoms with Gasteiger partial charge in [-0.05, 0) is 67.7 Å². The lowest BCUT2D eigenvalue weighted by atomic mass is 10.1. The molecule has 1 amide bonds. The number of rotatable bonds is 11. The molecule has 31 heavy (non-hydrogen) atoms. The Kier molecular flexibility index (Phi) is 9.75. The summed E-state index contributed by atoms with van der Waals surface area (Å²) in [5.41, 5.74) is 3.07. The molecule has 0 spiro atoms. The molecule has 5 nitrogen and oxygen atoms in total. The zero-order valence-electron chi connectivity index (χ0n) is 18.0. The fourth-order valence-corrected chi connectivity index (χ4v) is 4.41. The molecule has 0 saturated carbocycles. The first-order valence-electron chi connectivity index (χ1n) is 11.0. The van der Waals surface area contributed by atoms with Crippen LogP contribution in [0.25, 0.3) is 0 Å². The van der Waals surface area contributed by atoms with Crippen LogP contribution in [-0.4, -0.2) is 42.8 Å². The summed E-state index contributed by atoms with van der Waals surface area (Å²) in [5.74, 6) is 2.14. The van der Waals surface area contributed by atoms with Gasteiger partial charge in [-0.25, -0.2) is 0 Å². The fourth-order valence-electron chi connectivity index (χ4n) is 3.59. The van der Waals surface area contributed by atoms with Gasteiger partial charge in [-0.15, -0.1) is 11.8 Å². The molecule has 1 N–H and O–H groups in total. The number of piperidine rings is 1. The number of nitrogens with zero attached hydrogens (tertiary/aromatic N) is 2. The number of carbonyl (C=O) groups is 1. The van der Waals surface area contributed by atoms with Crippen molar-refractivity contribution >= 4 is 17.7 Å². The Bertz CT molecular complexity index is 858. The summed E-state index contributed by atoms with van der Waals surface area (Å²) in [5, 5.41) is 11.8. The molecule has 3 rings (SSSR count). The molecule has 0 unspecified atom stereocenters. The number of nitrogens with one attached hydrogen (secondary N) is 1. The van der Waals surface area contributed by atoms with Crippen LogP contribution in [0.3, 0.4) is 0 Å². The molecule has 2 aromatic carbocycles. The van der Waals surface area contributed by atoms with Crippen LogP contribution in [-0.2, 0) is 17.1 Å². The minimum Gasteiger partial charge on any atom is -0.494 e. The van der Waals surface area contributed by atoms with E-state index in [0.29, 0.717) is 24.5 Å². The molecule has 1 fully saturated rings. The Hall–Kier alpha value is -2.49. The van der Waals surface area contributed by atoms with Crippen LogP contribution >= 0.6 is 11.8 Å². The molecule has 0 radical (unpaired) electrons. The number of likely N-dealkylation sites (tertiary alicyclic amines) is 1. The number of benzene rings is 2. The van der Waals surface area contributed by atoms with Crippen LogP contribution in [0.1, 0.15) is 42.4 Å². The van der Waals surface area contributed by atoms with Gasteiger partial charge in [0.2, 0.25) is 5.91 Å². The number of carbonyl (C=O) groups excluding carboxylic acids is 1. The van der Waals surface area contributed by atoms with E-state index in [-0.39, 0.29) is 5.91 Å². The van der Waals surface area contributed by atoms with Crippen LogP contribution in [0.5, 0.6) is 5.75 Å². The summed E-state index contributed by atoms with van der Waals surface area (Å²) < 4.78 is 5.88. The van der Waals surface area contributed by atoms with E-state index in [1.165, 1.54) is 37.9 Å². The van der Waals surface area contributed by atoms with Crippen molar-refractivity contribution in [3.05, 3.63) is 65.2 Å². The molecular formula is C25H31N3O2S. The lowest BCUT2D eigenvalue weighted by Crippen LogP contribution is -2.29. The largest absolute Gasteiger partial charge is 0.494 e. The fraction of sp³-hybridized carbons (Fsp3) is 0.440. The second kappa shape index (κ2) is 13.0. The van der Waals surface area contributed by atoms with Crippen molar-refractivity contribution in [2.45, 2.75) is 38.0 Å². The van der Waals surface area contributed by atoms with Gasteiger partial charge >= 0.3 is 0 Å². The predicted octanol–water partition coefficient (Wildman–Crippen LogP) is 4.36. The number of ether oxygens (including phenoxy) is 1. The Morgan fingerprint density at radius 1 is 1.10 bits per heavy atom. The summed E-state index contributed by atoms with van der Waals surface area (Å²) in [4.78, 5) is 14.5. The molecular weight excluding hydrogens is 406 g/mol. The number of hydrogen-bond donors (Lipinski definition) is 1. The Labute approximate surface area is 189 Å². The van der Waals surface area contributed by atoms with Crippen molar-refractivity contribution in [1.82, 2.24) is 10.2 Å². The van der Waals surface area contributed by atoms with Gasteiger partial charge < -0.3 is 10.1 Å². The molecule has 164 valence electrons. The van der Waals surface area contributed by atoms with Crippen LogP contribution in [0.2, 0.25) is 0 Å². The van der Waals surface area contributed by atoms with Crippen LogP contribution in [0.15, 0.2) is 48.5 Å². The van der Waals surface area contributed by atoms with E-state index in [1.807, 2.05) is 18.2 Å². The molecule has 0 aliphatic carbocycles. The second-order valence-corrected chi connectivity index (χ2v) is 8.82. The van der Waals surface area contributed by atoms with Crippen molar-refractivity contribution < 1.29 is 9.53 Å². The zero-order valence-corrected chi connectivity index (χ0v) is 18.8. The number of amides is 1. The standard InChI is InChI=1S/C25H31N3O2S/c26-17-21-8-10-22(11-9-21)19-31-20-25(29)27-12-5-15-30-24-7-4-6-23(16-24)18-28-13-2-1-3-14-28/h4,6-11,16H,1-3,5,12-15,18-20H2,(H,27,29). The highest BCUT2D eigenvalue weighted by molar-refractivity contribution is 7.99. The molecule has 0 bridgehead atoms. The number of thioether (sulfide) groups is 1. The third-order valence-corrected chi connectivity index (χ3v) is 6.25. The maximum Gasteiger partial charge on any atom is 0.230 e. The highest BCUT2D eigenvalue weighted by Gasteiger charge is 2.10. The highest BCUT2D eigenvalue weighted by Crippen LogP contribution is 2.18. The Morgan fingerprint density at radius 3 is 2.68 bits per heavy atom. The summed E-state index contributed by atoms with van der Waals surface area (Å²) in [6.07, 6.45) is 4.74. The van der Waals surface area contributed by atoms with Crippen molar-refractivity contribution in [1.29, 1.82) is 5.26 Å². The maximum absolute atomic E-state index is 12.0. The van der Waals surface area contributed by atoms with E-state index < -0.39 is 0 Å². The van der Waals surface area contributed by atoms with Crippen LogP contribution < -0.4 is 10.1 Å². The van der Waals surface area contributed by atoms with Gasteiger partial charge in [0.1, 0.15) is 5.75 Å². The molecule has 1 aliphatic heterocycles. The van der Waals surface area contributed by atoms with Crippen molar-refractivity contribution in [2.24, 2.45) is 0 Å². The quantitative estimate of drug-likeness (QED) is 0.529. The first-order chi connectivity index (χ1) is 15.2. The lowest BCUT2D eigenvalue weighted by molar-refractivity contribution is -0.118. The molecule has 1 aliphatic rings. The van der Waals surface area contributed by atoms with E-state index in [1.54, 1.807) is 23.9 Å². The van der Waals surface area contributed by atoms with Crippen LogP contribution in [0.4, 0.5) is 0 Å². The third kappa shape index (κ3) is 8.64. The van der Waals surface area contributed by atoms with Gasteiger partial charge in [0.05, 0.1) is 24.0 Å². The summed E-state index contributed by atoms with van der Waals surface area (Å²) in [7, 11) is 0. The highest BCUT2D eigenvalue weighted by atomic mass is 32.2. The average molecular weight is 438 g/mol. The van der Waals surface area contributed by atoms with E-state index >= 15 is 0 Å². The van der Waals surface area contributed by atoms with Gasteiger partial charge in [-0.2, -0.15) is 5.26 Å². The monoisotopic (exact) mass is 437 g/mol. The molecule has 2 aromatic rings. The molecule has 0 atom stereocenters. The van der Waals surface area contributed by atoms with Crippen molar-refractivity contribution in [2.75, 3.05) is 32.0 Å². The third-order valence-electron chi connectivity index (χ3n) is 5.25. The minimum absolute atomic E-state index is 0.0437. The topological polar surface area (TPSA) is 65.4 Å². The predicted molar refractivity (Wildman–Crippen MR) is 126 cm³/mol. The van der Waals surface area contributed by atoms with Gasteiger partial charge in [-0.3, -0.25) is 9.69 Å². The molecule has 1 saturated heterocycles. The van der Waals surface area contributed by atoms with Crippen molar-refractivity contribution in [3.8, 4) is 11.8 Å². The summed E-state index contributed by atoms with van der Waals surface area (Å²) in [6, 6.07) is 17.9. The normalized spacial score (nSPS) is 14.0. The lowest BCUT2D eigenvalue weighted by Gasteiger charge is -2.26. The Balaban J connectivity index is 1.26. The molecule has 1 heterocycles. The van der Waals surface area contributed by atoms with E-state index in [4.69, 9.17) is 10.00 Å². The van der Waals surface area contributed by atoms with Gasteiger partial charge in [0.25, 0.3) is 0 Å². The van der Waals surface area contributed by atoms with Gasteiger partial charge in [0.15, 0.2) is 0 Å². The van der Waals surface area contributed by atoms with Crippen molar-refractivity contribution in [3.63, 3.8) is 0 Å². The smallest absolute Gasteiger partial charge is 0.230 e. The van der Waals surface area contributed by atoms with E-state index in [2.05, 4.69) is 34.5 Å². The zero-order chi connectivity index (χ0) is 21.7. The second-order valence-electron chi connectivity index (χ2n) is 7.84. The van der Waals surface area contributed by atoms with E-state index in [0.717, 1.165) is 30.0 Å². The first-order valence-corrected chi connectivity index (χ1v) is 12.2. The maximum atomic E-state index is 12.0. The molecule has 0 aromatic heterocycles. The first kappa shape index (κ1) is 23.2. The average Bonchev–Trinajstić information content (AvgIpc) is 2.80. The number of hydrogen-bond acceptors (Lipinski definition) is 5. The van der Waals surface area contributed by atoms with Gasteiger partial charge in [-0.1, -0.05) is 30.7 Å². The number of nitriles is 1. The SMILES string of the molecule is N#Cc1ccc(CSCC(=O)NCCCOc2cccc(CN3CCCCC3)c2)cc1. The Morgan fingerprint density at radius 2 is 1.90 bits per heavy atom. The van der Waals surface area contributed by atoms with Gasteiger partial charge in [0, 0.05) is 18.8 Å². The molecule has 6 heteroatoms. The minimum atomic E-state index is 0.0437. The summed E-state index contributed by atoms with van der Waals surface area (Å²) >= 11 is 1.57.